The van der Waals surface area contributed by atoms with Crippen molar-refractivity contribution in [2.75, 3.05) is 13.2 Å². The molecule has 0 bridgehead atoms. The Morgan fingerprint density at radius 1 is 1.41 bits per heavy atom. The maximum absolute atomic E-state index is 11.6. The van der Waals surface area contributed by atoms with Crippen LogP contribution < -0.4 is 5.32 Å². The molecule has 1 rings (SSSR count). The van der Waals surface area contributed by atoms with Gasteiger partial charge in [-0.15, -0.1) is 0 Å². The van der Waals surface area contributed by atoms with Crippen LogP contribution >= 0.6 is 0 Å². The molecule has 1 fully saturated rings. The van der Waals surface area contributed by atoms with E-state index in [-0.39, 0.29) is 31.5 Å². The Hall–Kier alpha value is -1.14. The number of aliphatic hydroxyl groups excluding tert-OH is 1. The summed E-state index contributed by atoms with van der Waals surface area (Å²) < 4.78 is 5.39. The van der Waals surface area contributed by atoms with E-state index in [9.17, 15) is 9.59 Å². The van der Waals surface area contributed by atoms with Gasteiger partial charge in [0, 0.05) is 19.6 Å². The highest BCUT2D eigenvalue weighted by atomic mass is 16.5. The zero-order chi connectivity index (χ0) is 12.7. The second-order valence-electron chi connectivity index (χ2n) is 4.16. The van der Waals surface area contributed by atoms with E-state index in [1.807, 2.05) is 0 Å². The molecule has 0 aliphatic carbocycles. The fourth-order valence-electron chi connectivity index (χ4n) is 1.81. The molecule has 0 saturated carbocycles. The van der Waals surface area contributed by atoms with Gasteiger partial charge in [-0.3, -0.25) is 4.79 Å². The molecule has 0 aromatic heterocycles. The lowest BCUT2D eigenvalue weighted by atomic mass is 10.1. The minimum absolute atomic E-state index is 0.0204. The topological polar surface area (TPSA) is 95.9 Å². The molecular formula is C11H19NO5. The largest absolute Gasteiger partial charge is 0.480 e. The van der Waals surface area contributed by atoms with Crippen molar-refractivity contribution >= 4 is 11.9 Å². The molecular weight excluding hydrogens is 226 g/mol. The van der Waals surface area contributed by atoms with Crippen LogP contribution in [0.25, 0.3) is 0 Å². The number of aliphatic hydroxyl groups is 1. The number of ether oxygens (including phenoxy) is 1. The van der Waals surface area contributed by atoms with E-state index in [0.717, 1.165) is 19.3 Å². The monoisotopic (exact) mass is 245 g/mol. The summed E-state index contributed by atoms with van der Waals surface area (Å²) in [5.41, 5.74) is 0. The van der Waals surface area contributed by atoms with Gasteiger partial charge < -0.3 is 20.3 Å². The van der Waals surface area contributed by atoms with Crippen LogP contribution in [0.1, 0.15) is 32.1 Å². The number of carboxylic acids is 1. The molecule has 1 heterocycles. The average molecular weight is 245 g/mol. The first-order valence-corrected chi connectivity index (χ1v) is 5.88. The zero-order valence-electron chi connectivity index (χ0n) is 9.72. The molecule has 98 valence electrons. The summed E-state index contributed by atoms with van der Waals surface area (Å²) in [5, 5.41) is 19.9. The lowest BCUT2D eigenvalue weighted by Gasteiger charge is -2.22. The van der Waals surface area contributed by atoms with Crippen molar-refractivity contribution in [2.45, 2.75) is 44.2 Å². The number of rotatable bonds is 6. The molecule has 0 aromatic carbocycles. The van der Waals surface area contributed by atoms with Crippen LogP contribution in [0.3, 0.4) is 0 Å². The van der Waals surface area contributed by atoms with Crippen LogP contribution in [0, 0.1) is 0 Å². The van der Waals surface area contributed by atoms with Gasteiger partial charge in [-0.1, -0.05) is 0 Å². The number of amides is 1. The fraction of sp³-hybridized carbons (Fsp3) is 0.818. The predicted octanol–water partition coefficient (Wildman–Crippen LogP) is -0.103. The quantitative estimate of drug-likeness (QED) is 0.607. The van der Waals surface area contributed by atoms with E-state index in [1.165, 1.54) is 0 Å². The summed E-state index contributed by atoms with van der Waals surface area (Å²) in [4.78, 5) is 22.3. The van der Waals surface area contributed by atoms with Crippen molar-refractivity contribution < 1.29 is 24.5 Å². The third-order valence-corrected chi connectivity index (χ3v) is 2.74. The summed E-state index contributed by atoms with van der Waals surface area (Å²) in [6.07, 6.45) is 3.00. The SMILES string of the molecule is O=C(CC1CCCCO1)N[C@@H](CCO)C(=O)O. The molecule has 1 aliphatic rings. The van der Waals surface area contributed by atoms with E-state index in [4.69, 9.17) is 14.9 Å². The highest BCUT2D eigenvalue weighted by Crippen LogP contribution is 2.15. The maximum atomic E-state index is 11.6. The standard InChI is InChI=1S/C11H19NO5/c13-5-4-9(11(15)16)12-10(14)7-8-3-1-2-6-17-8/h8-9,13H,1-7H2,(H,12,14)(H,15,16)/t8?,9-/m0/s1. The predicted molar refractivity (Wildman–Crippen MR) is 59.5 cm³/mol. The summed E-state index contributed by atoms with van der Waals surface area (Å²) >= 11 is 0. The van der Waals surface area contributed by atoms with Crippen LogP contribution in [-0.2, 0) is 14.3 Å². The Labute approximate surface area is 100.0 Å². The molecule has 17 heavy (non-hydrogen) atoms. The van der Waals surface area contributed by atoms with Crippen LogP contribution in [-0.4, -0.2) is 47.4 Å². The van der Waals surface area contributed by atoms with E-state index in [0.29, 0.717) is 6.61 Å². The number of hydrogen-bond acceptors (Lipinski definition) is 4. The van der Waals surface area contributed by atoms with Gasteiger partial charge in [0.1, 0.15) is 6.04 Å². The van der Waals surface area contributed by atoms with Gasteiger partial charge in [0.25, 0.3) is 0 Å². The third kappa shape index (κ3) is 5.14. The minimum Gasteiger partial charge on any atom is -0.480 e. The first-order valence-electron chi connectivity index (χ1n) is 5.88. The van der Waals surface area contributed by atoms with Crippen molar-refractivity contribution in [3.63, 3.8) is 0 Å². The zero-order valence-corrected chi connectivity index (χ0v) is 9.72. The lowest BCUT2D eigenvalue weighted by molar-refractivity contribution is -0.142. The van der Waals surface area contributed by atoms with Crippen molar-refractivity contribution in [3.8, 4) is 0 Å². The Morgan fingerprint density at radius 2 is 2.18 bits per heavy atom. The third-order valence-electron chi connectivity index (χ3n) is 2.74. The smallest absolute Gasteiger partial charge is 0.326 e. The van der Waals surface area contributed by atoms with E-state index in [2.05, 4.69) is 5.32 Å². The number of carboxylic acid groups (broad SMARTS) is 1. The van der Waals surface area contributed by atoms with Crippen LogP contribution in [0.2, 0.25) is 0 Å². The first-order chi connectivity index (χ1) is 8.13. The van der Waals surface area contributed by atoms with Crippen molar-refractivity contribution in [1.82, 2.24) is 5.32 Å². The van der Waals surface area contributed by atoms with Gasteiger partial charge in [0.15, 0.2) is 0 Å². The highest BCUT2D eigenvalue weighted by Gasteiger charge is 2.22. The Balaban J connectivity index is 2.33. The van der Waals surface area contributed by atoms with Gasteiger partial charge >= 0.3 is 5.97 Å². The molecule has 0 radical (unpaired) electrons. The average Bonchev–Trinajstić information content (AvgIpc) is 2.29. The number of carbonyl (C=O) groups excluding carboxylic acids is 1. The first kappa shape index (κ1) is 13.9. The number of aliphatic carboxylic acids is 1. The summed E-state index contributed by atoms with van der Waals surface area (Å²) in [6.45, 7) is 0.397. The Bertz CT molecular complexity index is 263. The highest BCUT2D eigenvalue weighted by molar-refractivity contribution is 5.83. The summed E-state index contributed by atoms with van der Waals surface area (Å²) in [5.74, 6) is -1.46. The Morgan fingerprint density at radius 3 is 2.71 bits per heavy atom. The maximum Gasteiger partial charge on any atom is 0.326 e. The summed E-state index contributed by atoms with van der Waals surface area (Å²) in [7, 11) is 0. The minimum atomic E-state index is -1.13. The van der Waals surface area contributed by atoms with Crippen LogP contribution in [0.15, 0.2) is 0 Å². The molecule has 3 N–H and O–H groups in total. The number of nitrogens with one attached hydrogen (secondary N) is 1. The second-order valence-corrected chi connectivity index (χ2v) is 4.16. The second kappa shape index (κ2) is 7.24. The van der Waals surface area contributed by atoms with Gasteiger partial charge in [-0.2, -0.15) is 0 Å². The van der Waals surface area contributed by atoms with Crippen molar-refractivity contribution in [3.05, 3.63) is 0 Å². The van der Waals surface area contributed by atoms with Crippen molar-refractivity contribution in [2.24, 2.45) is 0 Å². The van der Waals surface area contributed by atoms with E-state index < -0.39 is 12.0 Å². The van der Waals surface area contributed by atoms with Crippen molar-refractivity contribution in [1.29, 1.82) is 0 Å². The molecule has 6 nitrogen and oxygen atoms in total. The van der Waals surface area contributed by atoms with E-state index in [1.54, 1.807) is 0 Å². The van der Waals surface area contributed by atoms with E-state index >= 15 is 0 Å². The van der Waals surface area contributed by atoms with Gasteiger partial charge in [-0.05, 0) is 19.3 Å². The van der Waals surface area contributed by atoms with Gasteiger partial charge in [0.05, 0.1) is 12.5 Å². The molecule has 1 aliphatic heterocycles. The number of carbonyl (C=O) groups is 2. The normalized spacial score (nSPS) is 21.8. The molecule has 1 amide bonds. The molecule has 0 aromatic rings. The van der Waals surface area contributed by atoms with Gasteiger partial charge in [-0.25, -0.2) is 4.79 Å². The number of hydrogen-bond donors (Lipinski definition) is 3. The van der Waals surface area contributed by atoms with Crippen LogP contribution in [0.5, 0.6) is 0 Å². The van der Waals surface area contributed by atoms with Gasteiger partial charge in [0.2, 0.25) is 5.91 Å². The molecule has 1 unspecified atom stereocenters. The van der Waals surface area contributed by atoms with Crippen LogP contribution in [0.4, 0.5) is 0 Å². The Kier molecular flexibility index (Phi) is 5.93. The summed E-state index contributed by atoms with van der Waals surface area (Å²) in [6, 6.07) is -1.02. The molecule has 0 spiro atoms. The molecule has 1 saturated heterocycles. The molecule has 6 heteroatoms. The molecule has 2 atom stereocenters. The lowest BCUT2D eigenvalue weighted by Crippen LogP contribution is -2.42. The fourth-order valence-corrected chi connectivity index (χ4v) is 1.81.